The summed E-state index contributed by atoms with van der Waals surface area (Å²) >= 11 is 8.58. The van der Waals surface area contributed by atoms with Crippen LogP contribution in [0.1, 0.15) is 5.56 Å². The van der Waals surface area contributed by atoms with Gasteiger partial charge in [0.1, 0.15) is 5.75 Å². The van der Waals surface area contributed by atoms with Crippen molar-refractivity contribution in [1.29, 1.82) is 0 Å². The first-order chi connectivity index (χ1) is 11.5. The molecule has 0 unspecified atom stereocenters. The van der Waals surface area contributed by atoms with Gasteiger partial charge < -0.3 is 20.7 Å². The monoisotopic (exact) mass is 407 g/mol. The fraction of sp³-hybridized carbons (Fsp3) is 0.176. The Bertz CT molecular complexity index is 735. The minimum Gasteiger partial charge on any atom is -0.497 e. The van der Waals surface area contributed by atoms with Gasteiger partial charge in [-0.05, 0) is 67.2 Å². The molecule has 0 atom stereocenters. The Labute approximate surface area is 154 Å². The molecule has 2 rings (SSSR count). The van der Waals surface area contributed by atoms with E-state index in [4.69, 9.17) is 17.0 Å². The first-order valence-electron chi connectivity index (χ1n) is 7.23. The van der Waals surface area contributed by atoms with Gasteiger partial charge in [0, 0.05) is 15.8 Å². The molecular weight excluding hydrogens is 390 g/mol. The Balaban J connectivity index is 1.81. The fourth-order valence-corrected chi connectivity index (χ4v) is 2.64. The highest BCUT2D eigenvalue weighted by atomic mass is 79.9. The molecule has 0 aliphatic heterocycles. The van der Waals surface area contributed by atoms with Crippen LogP contribution in [0.15, 0.2) is 46.9 Å². The molecule has 0 bridgehead atoms. The summed E-state index contributed by atoms with van der Waals surface area (Å²) in [6.07, 6.45) is 0. The van der Waals surface area contributed by atoms with Crippen molar-refractivity contribution >= 4 is 50.5 Å². The van der Waals surface area contributed by atoms with E-state index in [0.29, 0.717) is 5.11 Å². The molecule has 0 fully saturated rings. The highest BCUT2D eigenvalue weighted by molar-refractivity contribution is 9.10. The van der Waals surface area contributed by atoms with E-state index in [1.807, 2.05) is 49.4 Å². The lowest BCUT2D eigenvalue weighted by molar-refractivity contribution is -0.115. The topological polar surface area (TPSA) is 62.4 Å². The number of thiocarbonyl (C=S) groups is 1. The summed E-state index contributed by atoms with van der Waals surface area (Å²) in [4.78, 5) is 12.0. The molecule has 24 heavy (non-hydrogen) atoms. The van der Waals surface area contributed by atoms with E-state index in [0.717, 1.165) is 27.2 Å². The summed E-state index contributed by atoms with van der Waals surface area (Å²) in [6, 6.07) is 13.0. The van der Waals surface area contributed by atoms with E-state index in [2.05, 4.69) is 31.9 Å². The standard InChI is InChI=1S/C17H18BrN3O2S/c1-11-9-12(18)3-8-15(11)21-16(22)10-19-17(24)20-13-4-6-14(23-2)7-5-13/h3-9H,10H2,1-2H3,(H,21,22)(H2,19,20,24). The zero-order chi connectivity index (χ0) is 17.5. The molecule has 0 aliphatic carbocycles. The van der Waals surface area contributed by atoms with Crippen molar-refractivity contribution in [3.05, 3.63) is 52.5 Å². The summed E-state index contributed by atoms with van der Waals surface area (Å²) in [5.74, 6) is 0.600. The number of methoxy groups -OCH3 is 1. The molecule has 7 heteroatoms. The summed E-state index contributed by atoms with van der Waals surface area (Å²) in [6.45, 7) is 2.02. The predicted octanol–water partition coefficient (Wildman–Crippen LogP) is 3.69. The molecule has 0 heterocycles. The SMILES string of the molecule is COc1ccc(NC(=S)NCC(=O)Nc2ccc(Br)cc2C)cc1. The number of anilines is 2. The first kappa shape index (κ1) is 18.2. The van der Waals surface area contributed by atoms with Crippen LogP contribution in [-0.2, 0) is 4.79 Å². The van der Waals surface area contributed by atoms with Gasteiger partial charge in [-0.15, -0.1) is 0 Å². The molecule has 0 spiro atoms. The van der Waals surface area contributed by atoms with Crippen LogP contribution < -0.4 is 20.7 Å². The van der Waals surface area contributed by atoms with Gasteiger partial charge in [-0.2, -0.15) is 0 Å². The van der Waals surface area contributed by atoms with E-state index in [1.54, 1.807) is 7.11 Å². The lowest BCUT2D eigenvalue weighted by Gasteiger charge is -2.12. The number of carbonyl (C=O) groups is 1. The molecule has 126 valence electrons. The third-order valence-corrected chi connectivity index (χ3v) is 3.96. The second kappa shape index (κ2) is 8.65. The molecule has 2 aromatic carbocycles. The zero-order valence-electron chi connectivity index (χ0n) is 13.4. The molecule has 0 saturated heterocycles. The van der Waals surface area contributed by atoms with Crippen molar-refractivity contribution in [1.82, 2.24) is 5.32 Å². The van der Waals surface area contributed by atoms with Crippen LogP contribution in [0.2, 0.25) is 0 Å². The van der Waals surface area contributed by atoms with Gasteiger partial charge in [0.15, 0.2) is 5.11 Å². The number of ether oxygens (including phenoxy) is 1. The molecule has 1 amide bonds. The Morgan fingerprint density at radius 3 is 2.50 bits per heavy atom. The summed E-state index contributed by atoms with van der Waals surface area (Å²) < 4.78 is 6.07. The Hall–Kier alpha value is -2.12. The molecule has 0 saturated carbocycles. The van der Waals surface area contributed by atoms with Crippen LogP contribution in [0.4, 0.5) is 11.4 Å². The van der Waals surface area contributed by atoms with Gasteiger partial charge in [-0.1, -0.05) is 15.9 Å². The quantitative estimate of drug-likeness (QED) is 0.659. The van der Waals surface area contributed by atoms with E-state index >= 15 is 0 Å². The van der Waals surface area contributed by atoms with E-state index in [1.165, 1.54) is 0 Å². The van der Waals surface area contributed by atoms with Gasteiger partial charge in [0.25, 0.3) is 0 Å². The Kier molecular flexibility index (Phi) is 6.57. The van der Waals surface area contributed by atoms with E-state index in [-0.39, 0.29) is 12.5 Å². The van der Waals surface area contributed by atoms with Crippen molar-refractivity contribution in [2.24, 2.45) is 0 Å². The lowest BCUT2D eigenvalue weighted by atomic mass is 10.2. The molecule has 0 aliphatic rings. The van der Waals surface area contributed by atoms with Crippen molar-refractivity contribution in [2.75, 3.05) is 24.3 Å². The summed E-state index contributed by atoms with van der Waals surface area (Å²) in [5, 5.41) is 9.11. The van der Waals surface area contributed by atoms with E-state index < -0.39 is 0 Å². The third kappa shape index (κ3) is 5.50. The molecule has 0 aromatic heterocycles. The molecule has 2 aromatic rings. The van der Waals surface area contributed by atoms with Gasteiger partial charge in [0.05, 0.1) is 13.7 Å². The van der Waals surface area contributed by atoms with Gasteiger partial charge >= 0.3 is 0 Å². The number of carbonyl (C=O) groups excluding carboxylic acids is 1. The van der Waals surface area contributed by atoms with Crippen LogP contribution >= 0.6 is 28.1 Å². The minimum atomic E-state index is -0.167. The van der Waals surface area contributed by atoms with Crippen molar-refractivity contribution < 1.29 is 9.53 Å². The second-order valence-corrected chi connectivity index (χ2v) is 6.37. The fourth-order valence-electron chi connectivity index (χ4n) is 1.97. The number of amides is 1. The predicted molar refractivity (Wildman–Crippen MR) is 105 cm³/mol. The number of rotatable bonds is 5. The average molecular weight is 408 g/mol. The summed E-state index contributed by atoms with van der Waals surface area (Å²) in [7, 11) is 1.61. The minimum absolute atomic E-state index is 0.0808. The van der Waals surface area contributed by atoms with E-state index in [9.17, 15) is 4.79 Å². The van der Waals surface area contributed by atoms with Crippen LogP contribution in [-0.4, -0.2) is 24.7 Å². The highest BCUT2D eigenvalue weighted by Gasteiger charge is 2.06. The highest BCUT2D eigenvalue weighted by Crippen LogP contribution is 2.19. The number of aryl methyl sites for hydroxylation is 1. The van der Waals surface area contributed by atoms with Gasteiger partial charge in [0.2, 0.25) is 5.91 Å². The average Bonchev–Trinajstić information content (AvgIpc) is 2.56. The smallest absolute Gasteiger partial charge is 0.243 e. The molecular formula is C17H18BrN3O2S. The third-order valence-electron chi connectivity index (χ3n) is 3.22. The van der Waals surface area contributed by atoms with Crippen LogP contribution in [0.3, 0.4) is 0 Å². The number of nitrogens with one attached hydrogen (secondary N) is 3. The maximum absolute atomic E-state index is 12.0. The lowest BCUT2D eigenvalue weighted by Crippen LogP contribution is -2.35. The van der Waals surface area contributed by atoms with Crippen LogP contribution in [0, 0.1) is 6.92 Å². The Morgan fingerprint density at radius 1 is 1.17 bits per heavy atom. The van der Waals surface area contributed by atoms with Gasteiger partial charge in [-0.25, -0.2) is 0 Å². The Morgan fingerprint density at radius 2 is 1.88 bits per heavy atom. The van der Waals surface area contributed by atoms with Crippen molar-refractivity contribution in [3.63, 3.8) is 0 Å². The van der Waals surface area contributed by atoms with Crippen molar-refractivity contribution in [3.8, 4) is 5.75 Å². The molecule has 3 N–H and O–H groups in total. The largest absolute Gasteiger partial charge is 0.497 e. The maximum atomic E-state index is 12.0. The van der Waals surface area contributed by atoms with Crippen LogP contribution in [0.25, 0.3) is 0 Å². The first-order valence-corrected chi connectivity index (χ1v) is 8.43. The van der Waals surface area contributed by atoms with Gasteiger partial charge in [-0.3, -0.25) is 4.79 Å². The maximum Gasteiger partial charge on any atom is 0.243 e. The number of hydrogen-bond acceptors (Lipinski definition) is 3. The zero-order valence-corrected chi connectivity index (χ0v) is 15.8. The number of benzene rings is 2. The molecule has 0 radical (unpaired) electrons. The molecule has 5 nitrogen and oxygen atoms in total. The van der Waals surface area contributed by atoms with Crippen LogP contribution in [0.5, 0.6) is 5.75 Å². The normalized spacial score (nSPS) is 9.96. The van der Waals surface area contributed by atoms with Crippen molar-refractivity contribution in [2.45, 2.75) is 6.92 Å². The second-order valence-electron chi connectivity index (χ2n) is 5.04. The number of hydrogen-bond donors (Lipinski definition) is 3. The number of halogens is 1. The summed E-state index contributed by atoms with van der Waals surface area (Å²) in [5.41, 5.74) is 2.58.